The van der Waals surface area contributed by atoms with Crippen molar-refractivity contribution < 1.29 is 28.9 Å². The fraction of sp³-hybridized carbons (Fsp3) is 0.550. The van der Waals surface area contributed by atoms with Crippen LogP contribution in [0.25, 0.3) is 0 Å². The number of ether oxygens (including phenoxy) is 1. The molecule has 11 heteroatoms. The van der Waals surface area contributed by atoms with Gasteiger partial charge in [0.15, 0.2) is 6.10 Å². The fourth-order valence-electron chi connectivity index (χ4n) is 3.57. The number of rotatable bonds is 7. The van der Waals surface area contributed by atoms with Crippen LogP contribution in [0.15, 0.2) is 18.2 Å². The number of halogens is 1. The lowest BCUT2D eigenvalue weighted by Crippen LogP contribution is -2.52. The summed E-state index contributed by atoms with van der Waals surface area (Å²) in [5.74, 6) is -1.01. The Labute approximate surface area is 185 Å². The van der Waals surface area contributed by atoms with E-state index in [4.69, 9.17) is 22.1 Å². The molecule has 2 aliphatic rings. The third-order valence-electron chi connectivity index (χ3n) is 5.36. The maximum Gasteiger partial charge on any atom is 0.414 e. The van der Waals surface area contributed by atoms with Gasteiger partial charge in [-0.25, -0.2) is 9.18 Å². The number of carbonyl (C=O) groups is 2. The molecule has 2 fully saturated rings. The third kappa shape index (κ3) is 5.41. The Kier molecular flexibility index (Phi) is 7.63. The molecule has 170 valence electrons. The largest absolute Gasteiger partial charge is 0.442 e. The van der Waals surface area contributed by atoms with Crippen molar-refractivity contribution in [2.24, 2.45) is 0 Å². The van der Waals surface area contributed by atoms with Crippen molar-refractivity contribution >= 4 is 40.6 Å². The predicted molar refractivity (Wildman–Crippen MR) is 117 cm³/mol. The zero-order chi connectivity index (χ0) is 22.5. The molecule has 3 rings (SSSR count). The molecule has 2 atom stereocenters. The average molecular weight is 455 g/mol. The number of anilines is 2. The van der Waals surface area contributed by atoms with Gasteiger partial charge in [-0.05, 0) is 24.6 Å². The lowest BCUT2D eigenvalue weighted by atomic mass is 10.2. The van der Waals surface area contributed by atoms with Crippen LogP contribution in [0.5, 0.6) is 0 Å². The van der Waals surface area contributed by atoms with Gasteiger partial charge in [0.1, 0.15) is 11.9 Å². The van der Waals surface area contributed by atoms with E-state index in [-0.39, 0.29) is 6.10 Å². The van der Waals surface area contributed by atoms with Gasteiger partial charge in [0.2, 0.25) is 0 Å². The normalized spacial score (nSPS) is 19.9. The number of aliphatic hydroxyl groups is 2. The Bertz CT molecular complexity index is 834. The van der Waals surface area contributed by atoms with E-state index in [1.54, 1.807) is 17.0 Å². The van der Waals surface area contributed by atoms with Crippen LogP contribution in [-0.4, -0.2) is 90.2 Å². The Hall–Kier alpha value is -2.50. The van der Waals surface area contributed by atoms with Crippen molar-refractivity contribution in [2.45, 2.75) is 25.6 Å². The number of nitrogens with zero attached hydrogens (tertiary/aromatic N) is 3. The molecule has 2 amide bonds. The Balaban J connectivity index is 1.60. The number of carbonyl (C=O) groups excluding carboxylic acids is 2. The third-order valence-corrected chi connectivity index (χ3v) is 5.79. The van der Waals surface area contributed by atoms with Crippen LogP contribution >= 0.6 is 12.2 Å². The van der Waals surface area contributed by atoms with Crippen LogP contribution in [-0.2, 0) is 9.53 Å². The topological polar surface area (TPSA) is 106 Å². The van der Waals surface area contributed by atoms with E-state index in [1.807, 2.05) is 6.92 Å². The van der Waals surface area contributed by atoms with Gasteiger partial charge in [-0.15, -0.1) is 0 Å². The summed E-state index contributed by atoms with van der Waals surface area (Å²) in [7, 11) is 0. The van der Waals surface area contributed by atoms with E-state index in [2.05, 4.69) is 5.32 Å². The lowest BCUT2D eigenvalue weighted by Gasteiger charge is -2.37. The van der Waals surface area contributed by atoms with Gasteiger partial charge < -0.3 is 30.1 Å². The first kappa shape index (κ1) is 23.2. The van der Waals surface area contributed by atoms with Crippen molar-refractivity contribution in [1.29, 1.82) is 0 Å². The molecule has 0 unspecified atom stereocenters. The summed E-state index contributed by atoms with van der Waals surface area (Å²) < 4.78 is 20.2. The molecule has 2 saturated heterocycles. The molecule has 0 spiro atoms. The second kappa shape index (κ2) is 10.2. The van der Waals surface area contributed by atoms with Crippen molar-refractivity contribution in [3.63, 3.8) is 0 Å². The monoisotopic (exact) mass is 454 g/mol. The van der Waals surface area contributed by atoms with E-state index in [1.165, 1.54) is 15.9 Å². The first-order valence-corrected chi connectivity index (χ1v) is 10.6. The molecule has 2 heterocycles. The molecule has 9 nitrogen and oxygen atoms in total. The first-order chi connectivity index (χ1) is 14.8. The van der Waals surface area contributed by atoms with Gasteiger partial charge in [-0.2, -0.15) is 0 Å². The molecule has 1 aromatic rings. The van der Waals surface area contributed by atoms with Gasteiger partial charge in [-0.3, -0.25) is 9.69 Å². The number of thiocarbonyl (C=S) groups is 1. The number of benzene rings is 1. The van der Waals surface area contributed by atoms with E-state index in [0.717, 1.165) is 0 Å². The minimum atomic E-state index is -1.43. The first-order valence-electron chi connectivity index (χ1n) is 10.2. The molecule has 31 heavy (non-hydrogen) atoms. The highest BCUT2D eigenvalue weighted by atomic mass is 32.1. The van der Waals surface area contributed by atoms with Gasteiger partial charge in [0.05, 0.1) is 36.1 Å². The summed E-state index contributed by atoms with van der Waals surface area (Å²) in [5, 5.41) is 21.4. The van der Waals surface area contributed by atoms with E-state index >= 15 is 0 Å². The summed E-state index contributed by atoms with van der Waals surface area (Å²) in [6.45, 7) is 3.40. The molecule has 0 saturated carbocycles. The van der Waals surface area contributed by atoms with Crippen LogP contribution in [0.2, 0.25) is 0 Å². The highest BCUT2D eigenvalue weighted by Crippen LogP contribution is 2.28. The molecule has 0 bridgehead atoms. The lowest BCUT2D eigenvalue weighted by molar-refractivity contribution is -0.142. The van der Waals surface area contributed by atoms with Crippen molar-refractivity contribution in [1.82, 2.24) is 10.2 Å². The zero-order valence-electron chi connectivity index (χ0n) is 17.3. The van der Waals surface area contributed by atoms with Crippen LogP contribution in [0.3, 0.4) is 0 Å². The molecule has 0 radical (unpaired) electrons. The maximum absolute atomic E-state index is 14.8. The number of hydrogen-bond donors (Lipinski definition) is 3. The number of piperazine rings is 1. The Morgan fingerprint density at radius 3 is 2.68 bits per heavy atom. The summed E-state index contributed by atoms with van der Waals surface area (Å²) >= 11 is 5.11. The summed E-state index contributed by atoms with van der Waals surface area (Å²) in [5.41, 5.74) is 0.782. The average Bonchev–Trinajstić information content (AvgIpc) is 3.16. The highest BCUT2D eigenvalue weighted by Gasteiger charge is 2.33. The van der Waals surface area contributed by atoms with E-state index in [0.29, 0.717) is 62.1 Å². The van der Waals surface area contributed by atoms with Crippen molar-refractivity contribution in [3.05, 3.63) is 24.0 Å². The van der Waals surface area contributed by atoms with Crippen molar-refractivity contribution in [3.8, 4) is 0 Å². The van der Waals surface area contributed by atoms with E-state index in [9.17, 15) is 19.1 Å². The van der Waals surface area contributed by atoms with Gasteiger partial charge in [0.25, 0.3) is 5.91 Å². The number of hydrogen-bond acceptors (Lipinski definition) is 7. The van der Waals surface area contributed by atoms with Crippen LogP contribution < -0.4 is 15.1 Å². The van der Waals surface area contributed by atoms with Crippen LogP contribution in [0.1, 0.15) is 13.3 Å². The minimum absolute atomic E-state index is 0.297. The second-order valence-corrected chi connectivity index (χ2v) is 7.91. The number of aliphatic hydroxyl groups excluding tert-OH is 2. The van der Waals surface area contributed by atoms with Crippen LogP contribution in [0, 0.1) is 5.82 Å². The molecule has 3 N–H and O–H groups in total. The summed E-state index contributed by atoms with van der Waals surface area (Å²) in [6, 6.07) is 4.57. The second-order valence-electron chi connectivity index (χ2n) is 7.42. The fourth-order valence-corrected chi connectivity index (χ4v) is 3.65. The Morgan fingerprint density at radius 1 is 1.35 bits per heavy atom. The SMILES string of the molecule is CCC(=S)NC[C@H]1CN(c2ccc(N3CCN(C(=O)[C@@H](O)CO)CC3)c(F)c2)C(=O)O1. The zero-order valence-corrected chi connectivity index (χ0v) is 18.1. The van der Waals surface area contributed by atoms with Gasteiger partial charge >= 0.3 is 6.09 Å². The van der Waals surface area contributed by atoms with Crippen LogP contribution in [0.4, 0.5) is 20.6 Å². The molecule has 1 aromatic carbocycles. The molecule has 2 aliphatic heterocycles. The van der Waals surface area contributed by atoms with Crippen molar-refractivity contribution in [2.75, 3.05) is 55.7 Å². The molecule has 0 aliphatic carbocycles. The summed E-state index contributed by atoms with van der Waals surface area (Å²) in [6.07, 6.45) is -1.63. The number of nitrogens with one attached hydrogen (secondary N) is 1. The predicted octanol–water partition coefficient (Wildman–Crippen LogP) is 0.480. The molecular weight excluding hydrogens is 427 g/mol. The van der Waals surface area contributed by atoms with E-state index < -0.39 is 30.5 Å². The molecule has 0 aromatic heterocycles. The maximum atomic E-state index is 14.8. The van der Waals surface area contributed by atoms with Gasteiger partial charge in [-0.1, -0.05) is 19.1 Å². The minimum Gasteiger partial charge on any atom is -0.442 e. The summed E-state index contributed by atoms with van der Waals surface area (Å²) in [4.78, 5) is 29.5. The Morgan fingerprint density at radius 2 is 2.06 bits per heavy atom. The smallest absolute Gasteiger partial charge is 0.414 e. The number of amides is 2. The number of cyclic esters (lactones) is 1. The highest BCUT2D eigenvalue weighted by molar-refractivity contribution is 7.80. The standard InChI is InChI=1S/C20H27FN4O5S/c1-2-18(31)22-10-14-11-25(20(29)30-14)13-3-4-16(15(21)9-13)23-5-7-24(8-6-23)19(28)17(27)12-26/h3-4,9,14,17,26-27H,2,5-8,10-12H2,1H3,(H,22,31)/t14-,17-/m0/s1. The molecular formula is C20H27FN4O5S. The quantitative estimate of drug-likeness (QED) is 0.511. The van der Waals surface area contributed by atoms with Gasteiger partial charge in [0, 0.05) is 26.2 Å².